The average Bonchev–Trinajstić information content (AvgIpc) is 2.48. The van der Waals surface area contributed by atoms with Crippen molar-refractivity contribution < 1.29 is 4.74 Å². The van der Waals surface area contributed by atoms with Crippen LogP contribution in [0.1, 0.15) is 30.1 Å². The summed E-state index contributed by atoms with van der Waals surface area (Å²) in [4.78, 5) is 0. The van der Waals surface area contributed by atoms with Gasteiger partial charge in [0.1, 0.15) is 0 Å². The number of nitrogens with one attached hydrogen (secondary N) is 1. The topological polar surface area (TPSA) is 21.3 Å². The van der Waals surface area contributed by atoms with Crippen LogP contribution in [0.25, 0.3) is 0 Å². The van der Waals surface area contributed by atoms with Crippen LogP contribution in [-0.2, 0) is 4.74 Å². The summed E-state index contributed by atoms with van der Waals surface area (Å²) < 4.78 is 6.48. The maximum atomic E-state index is 5.35. The molecule has 106 valence electrons. The van der Waals surface area contributed by atoms with E-state index < -0.39 is 0 Å². The molecule has 2 atom stereocenters. The van der Waals surface area contributed by atoms with Crippen LogP contribution >= 0.6 is 15.9 Å². The molecule has 2 aromatic carbocycles. The van der Waals surface area contributed by atoms with Gasteiger partial charge in [-0.25, -0.2) is 0 Å². The standard InChI is InChI=1S/C17H20BrNO/c1-13(15-10-6-7-11-16(15)18)19-17(12-20-2)14-8-4-3-5-9-14/h3-11,13,17,19H,12H2,1-2H3/t13-,17?/m1/s1. The first-order valence-electron chi connectivity index (χ1n) is 6.76. The fourth-order valence-electron chi connectivity index (χ4n) is 2.31. The molecule has 0 aliphatic rings. The van der Waals surface area contributed by atoms with Gasteiger partial charge in [-0.2, -0.15) is 0 Å². The molecule has 2 nitrogen and oxygen atoms in total. The van der Waals surface area contributed by atoms with E-state index in [4.69, 9.17) is 4.74 Å². The summed E-state index contributed by atoms with van der Waals surface area (Å²) >= 11 is 3.61. The fourth-order valence-corrected chi connectivity index (χ4v) is 2.94. The summed E-state index contributed by atoms with van der Waals surface area (Å²) in [5.41, 5.74) is 2.50. The third-order valence-corrected chi connectivity index (χ3v) is 4.08. The molecule has 0 fully saturated rings. The summed E-state index contributed by atoms with van der Waals surface area (Å²) in [6, 6.07) is 19.1. The lowest BCUT2D eigenvalue weighted by Gasteiger charge is -2.24. The van der Waals surface area contributed by atoms with Gasteiger partial charge in [-0.05, 0) is 24.1 Å². The molecule has 0 heterocycles. The Morgan fingerprint density at radius 2 is 1.70 bits per heavy atom. The average molecular weight is 334 g/mol. The monoisotopic (exact) mass is 333 g/mol. The number of ether oxygens (including phenoxy) is 1. The fraction of sp³-hybridized carbons (Fsp3) is 0.294. The SMILES string of the molecule is COCC(N[C@H](C)c1ccccc1Br)c1ccccc1. The number of hydrogen-bond acceptors (Lipinski definition) is 2. The lowest BCUT2D eigenvalue weighted by atomic mass is 10.0. The van der Waals surface area contributed by atoms with Crippen molar-refractivity contribution in [2.24, 2.45) is 0 Å². The van der Waals surface area contributed by atoms with Crippen LogP contribution in [0.15, 0.2) is 59.1 Å². The van der Waals surface area contributed by atoms with Crippen LogP contribution in [0.5, 0.6) is 0 Å². The third kappa shape index (κ3) is 3.92. The molecule has 0 saturated carbocycles. The van der Waals surface area contributed by atoms with E-state index in [1.165, 1.54) is 11.1 Å². The molecule has 0 amide bonds. The quantitative estimate of drug-likeness (QED) is 0.841. The Bertz CT molecular complexity index is 530. The zero-order valence-electron chi connectivity index (χ0n) is 11.8. The van der Waals surface area contributed by atoms with E-state index in [-0.39, 0.29) is 12.1 Å². The van der Waals surface area contributed by atoms with Gasteiger partial charge in [-0.15, -0.1) is 0 Å². The van der Waals surface area contributed by atoms with E-state index in [0.717, 1.165) is 4.47 Å². The lowest BCUT2D eigenvalue weighted by molar-refractivity contribution is 0.162. The van der Waals surface area contributed by atoms with Crippen LogP contribution in [-0.4, -0.2) is 13.7 Å². The Balaban J connectivity index is 2.14. The van der Waals surface area contributed by atoms with Gasteiger partial charge >= 0.3 is 0 Å². The molecular weight excluding hydrogens is 314 g/mol. The maximum absolute atomic E-state index is 5.35. The van der Waals surface area contributed by atoms with E-state index in [2.05, 4.69) is 70.6 Å². The largest absolute Gasteiger partial charge is 0.383 e. The van der Waals surface area contributed by atoms with E-state index in [1.54, 1.807) is 7.11 Å². The van der Waals surface area contributed by atoms with Crippen molar-refractivity contribution >= 4 is 15.9 Å². The number of halogens is 1. The van der Waals surface area contributed by atoms with Gasteiger partial charge < -0.3 is 10.1 Å². The van der Waals surface area contributed by atoms with Crippen LogP contribution in [0.4, 0.5) is 0 Å². The van der Waals surface area contributed by atoms with Crippen molar-refractivity contribution in [2.75, 3.05) is 13.7 Å². The second kappa shape index (κ2) is 7.58. The molecule has 0 aromatic heterocycles. The Labute approximate surface area is 129 Å². The van der Waals surface area contributed by atoms with E-state index >= 15 is 0 Å². The molecule has 0 aliphatic heterocycles. The van der Waals surface area contributed by atoms with Crippen LogP contribution in [0.2, 0.25) is 0 Å². The molecule has 0 aliphatic carbocycles. The van der Waals surface area contributed by atoms with Gasteiger partial charge in [0.2, 0.25) is 0 Å². The second-order valence-electron chi connectivity index (χ2n) is 4.83. The van der Waals surface area contributed by atoms with Crippen molar-refractivity contribution in [3.8, 4) is 0 Å². The molecule has 2 rings (SSSR count). The second-order valence-corrected chi connectivity index (χ2v) is 5.68. The van der Waals surface area contributed by atoms with Crippen molar-refractivity contribution in [3.63, 3.8) is 0 Å². The van der Waals surface area contributed by atoms with Gasteiger partial charge in [0.15, 0.2) is 0 Å². The first-order valence-corrected chi connectivity index (χ1v) is 7.56. The predicted molar refractivity (Wildman–Crippen MR) is 86.8 cm³/mol. The Morgan fingerprint density at radius 3 is 2.35 bits per heavy atom. The number of rotatable bonds is 6. The molecule has 1 unspecified atom stereocenters. The Kier molecular flexibility index (Phi) is 5.77. The van der Waals surface area contributed by atoms with Gasteiger partial charge in [-0.3, -0.25) is 0 Å². The van der Waals surface area contributed by atoms with Crippen LogP contribution in [0, 0.1) is 0 Å². The number of hydrogen-bond donors (Lipinski definition) is 1. The molecule has 2 aromatic rings. The molecule has 0 saturated heterocycles. The zero-order valence-corrected chi connectivity index (χ0v) is 13.4. The highest BCUT2D eigenvalue weighted by molar-refractivity contribution is 9.10. The van der Waals surface area contributed by atoms with E-state index in [9.17, 15) is 0 Å². The van der Waals surface area contributed by atoms with Gasteiger partial charge in [0.25, 0.3) is 0 Å². The highest BCUT2D eigenvalue weighted by Crippen LogP contribution is 2.25. The highest BCUT2D eigenvalue weighted by Gasteiger charge is 2.16. The van der Waals surface area contributed by atoms with Crippen molar-refractivity contribution in [1.82, 2.24) is 5.32 Å². The molecular formula is C17H20BrNO. The number of methoxy groups -OCH3 is 1. The summed E-state index contributed by atoms with van der Waals surface area (Å²) in [6.45, 7) is 2.82. The van der Waals surface area contributed by atoms with Crippen molar-refractivity contribution in [2.45, 2.75) is 19.0 Å². The van der Waals surface area contributed by atoms with Gasteiger partial charge in [0, 0.05) is 17.6 Å². The summed E-state index contributed by atoms with van der Waals surface area (Å²) in [6.07, 6.45) is 0. The van der Waals surface area contributed by atoms with E-state index in [0.29, 0.717) is 6.61 Å². The minimum absolute atomic E-state index is 0.184. The van der Waals surface area contributed by atoms with Crippen LogP contribution < -0.4 is 5.32 Å². The Hall–Kier alpha value is -1.16. The Morgan fingerprint density at radius 1 is 1.05 bits per heavy atom. The lowest BCUT2D eigenvalue weighted by Crippen LogP contribution is -2.28. The summed E-state index contributed by atoms with van der Waals surface area (Å²) in [7, 11) is 1.74. The highest BCUT2D eigenvalue weighted by atomic mass is 79.9. The zero-order chi connectivity index (χ0) is 14.4. The minimum atomic E-state index is 0.184. The molecule has 1 N–H and O–H groups in total. The third-order valence-electron chi connectivity index (χ3n) is 3.36. The van der Waals surface area contributed by atoms with E-state index in [1.807, 2.05) is 12.1 Å². The summed E-state index contributed by atoms with van der Waals surface area (Å²) in [5, 5.41) is 3.64. The normalized spacial score (nSPS) is 13.9. The van der Waals surface area contributed by atoms with Crippen LogP contribution in [0.3, 0.4) is 0 Å². The minimum Gasteiger partial charge on any atom is -0.383 e. The van der Waals surface area contributed by atoms with Gasteiger partial charge in [-0.1, -0.05) is 64.5 Å². The molecule has 0 spiro atoms. The van der Waals surface area contributed by atoms with Crippen molar-refractivity contribution in [1.29, 1.82) is 0 Å². The maximum Gasteiger partial charge on any atom is 0.0657 e. The number of benzene rings is 2. The van der Waals surface area contributed by atoms with Gasteiger partial charge in [0.05, 0.1) is 12.6 Å². The molecule has 20 heavy (non-hydrogen) atoms. The summed E-state index contributed by atoms with van der Waals surface area (Å²) in [5.74, 6) is 0. The predicted octanol–water partition coefficient (Wildman–Crippen LogP) is 4.49. The molecule has 3 heteroatoms. The molecule has 0 bridgehead atoms. The first kappa shape index (κ1) is 15.2. The van der Waals surface area contributed by atoms with Crippen molar-refractivity contribution in [3.05, 3.63) is 70.2 Å². The smallest absolute Gasteiger partial charge is 0.0657 e. The molecule has 0 radical (unpaired) electrons. The first-order chi connectivity index (χ1) is 9.72.